The number of rotatable bonds is 4. The van der Waals surface area contributed by atoms with Crippen LogP contribution in [-0.4, -0.2) is 36.6 Å². The fourth-order valence-electron chi connectivity index (χ4n) is 1.35. The van der Waals surface area contributed by atoms with E-state index < -0.39 is 38.1 Å². The van der Waals surface area contributed by atoms with Crippen LogP contribution in [-0.2, 0) is 14.9 Å². The minimum Gasteiger partial charge on any atom is -1.00 e. The van der Waals surface area contributed by atoms with Gasteiger partial charge in [-0.05, 0) is 19.1 Å². The SMILES string of the molecule is CCOC(=O)c1cccc(C(=O)O)c1S(=O)(=O)O.[H-].[K+]. The van der Waals surface area contributed by atoms with E-state index in [1.54, 1.807) is 0 Å². The number of hydrogen-bond donors (Lipinski definition) is 2. The second-order valence-electron chi connectivity index (χ2n) is 3.18. The molecule has 0 spiro atoms. The molecule has 0 aromatic heterocycles. The van der Waals surface area contributed by atoms with Crippen molar-refractivity contribution in [2.75, 3.05) is 6.61 Å². The first-order valence-electron chi connectivity index (χ1n) is 4.80. The number of carbonyl (C=O) groups excluding carboxylic acids is 1. The van der Waals surface area contributed by atoms with Gasteiger partial charge >= 0.3 is 63.3 Å². The van der Waals surface area contributed by atoms with Crippen molar-refractivity contribution in [3.05, 3.63) is 29.3 Å². The molecule has 0 aliphatic carbocycles. The molecule has 9 heteroatoms. The smallest absolute Gasteiger partial charge is 1.00 e. The van der Waals surface area contributed by atoms with Gasteiger partial charge in [-0.2, -0.15) is 8.42 Å². The molecule has 0 radical (unpaired) electrons. The van der Waals surface area contributed by atoms with E-state index in [0.29, 0.717) is 0 Å². The third-order valence-electron chi connectivity index (χ3n) is 2.00. The van der Waals surface area contributed by atoms with Crippen LogP contribution in [0.25, 0.3) is 0 Å². The molecule has 1 rings (SSSR count). The summed E-state index contributed by atoms with van der Waals surface area (Å²) in [6.07, 6.45) is 0. The third kappa shape index (κ3) is 4.63. The van der Waals surface area contributed by atoms with Crippen LogP contribution in [0, 0.1) is 0 Å². The van der Waals surface area contributed by atoms with Gasteiger partial charge in [-0.25, -0.2) is 9.59 Å². The Bertz CT molecular complexity index is 600. The molecular weight excluding hydrogens is 303 g/mol. The number of carboxylic acid groups (broad SMARTS) is 1. The van der Waals surface area contributed by atoms with E-state index in [0.717, 1.165) is 12.1 Å². The molecule has 0 aliphatic heterocycles. The Hall–Kier alpha value is -0.294. The van der Waals surface area contributed by atoms with E-state index in [-0.39, 0.29) is 59.4 Å². The first-order chi connectivity index (χ1) is 8.29. The maximum atomic E-state index is 11.5. The van der Waals surface area contributed by atoms with Gasteiger partial charge in [-0.15, -0.1) is 0 Å². The Balaban J connectivity index is 0. The van der Waals surface area contributed by atoms with Crippen LogP contribution in [0.2, 0.25) is 0 Å². The molecule has 0 aliphatic rings. The Labute approximate surface area is 153 Å². The van der Waals surface area contributed by atoms with Crippen molar-refractivity contribution >= 4 is 22.1 Å². The van der Waals surface area contributed by atoms with Crippen molar-refractivity contribution in [3.63, 3.8) is 0 Å². The molecule has 0 saturated carbocycles. The minimum absolute atomic E-state index is 0. The molecule has 0 saturated heterocycles. The zero-order valence-corrected chi connectivity index (χ0v) is 14.2. The molecule has 0 bridgehead atoms. The summed E-state index contributed by atoms with van der Waals surface area (Å²) in [6, 6.07) is 3.21. The Kier molecular flexibility index (Phi) is 7.36. The van der Waals surface area contributed by atoms with E-state index in [4.69, 9.17) is 9.66 Å². The number of carboxylic acids is 1. The number of benzene rings is 1. The fourth-order valence-corrected chi connectivity index (χ4v) is 2.22. The number of aromatic carboxylic acids is 1. The molecule has 100 valence electrons. The normalized spacial score (nSPS) is 10.4. The van der Waals surface area contributed by atoms with Crippen LogP contribution in [0.5, 0.6) is 0 Å². The zero-order valence-electron chi connectivity index (χ0n) is 11.3. The Morgan fingerprint density at radius 1 is 1.32 bits per heavy atom. The summed E-state index contributed by atoms with van der Waals surface area (Å²) < 4.78 is 36.0. The van der Waals surface area contributed by atoms with Crippen molar-refractivity contribution < 1.29 is 85.2 Å². The average molecular weight is 314 g/mol. The number of carbonyl (C=O) groups is 2. The maximum absolute atomic E-state index is 11.5. The number of esters is 1. The van der Waals surface area contributed by atoms with E-state index >= 15 is 0 Å². The van der Waals surface area contributed by atoms with E-state index in [1.165, 1.54) is 13.0 Å². The van der Waals surface area contributed by atoms with Gasteiger partial charge in [0.2, 0.25) is 0 Å². The molecule has 0 unspecified atom stereocenters. The zero-order chi connectivity index (χ0) is 13.9. The second kappa shape index (κ2) is 7.48. The van der Waals surface area contributed by atoms with Gasteiger partial charge in [0.1, 0.15) is 4.90 Å². The summed E-state index contributed by atoms with van der Waals surface area (Å²) in [5, 5.41) is 8.84. The fraction of sp³-hybridized carbons (Fsp3) is 0.200. The summed E-state index contributed by atoms with van der Waals surface area (Å²) in [6.45, 7) is 1.49. The standard InChI is InChI=1S/C10H10O7S.K.H/c1-2-17-10(13)7-5-3-4-6(9(11)12)8(7)18(14,15)16;;/h3-5H,2H2,1H3,(H,11,12)(H,14,15,16);;/q;+1;-1. The topological polar surface area (TPSA) is 118 Å². The van der Waals surface area contributed by atoms with Crippen LogP contribution >= 0.6 is 0 Å². The van der Waals surface area contributed by atoms with Gasteiger partial charge < -0.3 is 11.3 Å². The number of ether oxygens (including phenoxy) is 1. The molecule has 0 atom stereocenters. The Morgan fingerprint density at radius 2 is 1.84 bits per heavy atom. The molecule has 7 nitrogen and oxygen atoms in total. The molecule has 0 amide bonds. The first-order valence-corrected chi connectivity index (χ1v) is 6.24. The largest absolute Gasteiger partial charge is 1.00 e. The predicted octanol–water partition coefficient (Wildman–Crippen LogP) is -2.08. The molecule has 2 N–H and O–H groups in total. The summed E-state index contributed by atoms with van der Waals surface area (Å²) in [4.78, 5) is 21.4. The van der Waals surface area contributed by atoms with E-state index in [2.05, 4.69) is 4.74 Å². The van der Waals surface area contributed by atoms with Gasteiger partial charge in [0.25, 0.3) is 10.1 Å². The quantitative estimate of drug-likeness (QED) is 0.372. The van der Waals surface area contributed by atoms with Crippen molar-refractivity contribution in [1.82, 2.24) is 0 Å². The minimum atomic E-state index is -4.85. The van der Waals surface area contributed by atoms with Crippen LogP contribution < -0.4 is 51.4 Å². The van der Waals surface area contributed by atoms with Crippen molar-refractivity contribution in [2.24, 2.45) is 0 Å². The molecule has 19 heavy (non-hydrogen) atoms. The molecular formula is C10H11KO7S. The first kappa shape index (κ1) is 18.7. The van der Waals surface area contributed by atoms with Crippen LogP contribution in [0.3, 0.4) is 0 Å². The third-order valence-corrected chi connectivity index (χ3v) is 2.95. The van der Waals surface area contributed by atoms with Crippen LogP contribution in [0.15, 0.2) is 23.1 Å². The van der Waals surface area contributed by atoms with Crippen LogP contribution in [0.1, 0.15) is 29.1 Å². The molecule has 0 fully saturated rings. The monoisotopic (exact) mass is 314 g/mol. The van der Waals surface area contributed by atoms with Crippen molar-refractivity contribution in [3.8, 4) is 0 Å². The van der Waals surface area contributed by atoms with Crippen LogP contribution in [0.4, 0.5) is 0 Å². The molecule has 0 heterocycles. The van der Waals surface area contributed by atoms with E-state index in [9.17, 15) is 18.0 Å². The van der Waals surface area contributed by atoms with Crippen molar-refractivity contribution in [1.29, 1.82) is 0 Å². The second-order valence-corrected chi connectivity index (χ2v) is 4.54. The van der Waals surface area contributed by atoms with Gasteiger partial charge in [0.15, 0.2) is 0 Å². The van der Waals surface area contributed by atoms with Gasteiger partial charge in [-0.1, -0.05) is 6.07 Å². The summed E-state index contributed by atoms with van der Waals surface area (Å²) in [5.74, 6) is -2.60. The Morgan fingerprint density at radius 3 is 2.26 bits per heavy atom. The average Bonchev–Trinajstić information content (AvgIpc) is 2.27. The van der Waals surface area contributed by atoms with Gasteiger partial charge in [0, 0.05) is 0 Å². The summed E-state index contributed by atoms with van der Waals surface area (Å²) in [5.41, 5.74) is -1.21. The molecule has 1 aromatic rings. The predicted molar refractivity (Wildman–Crippen MR) is 60.3 cm³/mol. The number of hydrogen-bond acceptors (Lipinski definition) is 5. The van der Waals surface area contributed by atoms with E-state index in [1.807, 2.05) is 0 Å². The summed E-state index contributed by atoms with van der Waals surface area (Å²) >= 11 is 0. The molecule has 1 aromatic carbocycles. The van der Waals surface area contributed by atoms with Gasteiger partial charge in [-0.3, -0.25) is 4.55 Å². The van der Waals surface area contributed by atoms with Crippen molar-refractivity contribution in [2.45, 2.75) is 11.8 Å². The summed E-state index contributed by atoms with van der Waals surface area (Å²) in [7, 11) is -4.85. The van der Waals surface area contributed by atoms with Gasteiger partial charge in [0.05, 0.1) is 17.7 Å². The maximum Gasteiger partial charge on any atom is 1.00 e.